The van der Waals surface area contributed by atoms with Crippen molar-refractivity contribution in [3.8, 4) is 44.5 Å². The number of aliphatic imine (C=N–C) groups is 4. The zero-order chi connectivity index (χ0) is 70.4. The van der Waals surface area contributed by atoms with Crippen LogP contribution in [-0.2, 0) is 16.0 Å². The summed E-state index contributed by atoms with van der Waals surface area (Å²) >= 11 is 24.1. The molecule has 19 nitrogen and oxygen atoms in total. The van der Waals surface area contributed by atoms with E-state index in [4.69, 9.17) is 94.7 Å². The number of ether oxygens (including phenoxy) is 2. The van der Waals surface area contributed by atoms with Crippen LogP contribution >= 0.6 is 46.4 Å². The predicted molar refractivity (Wildman–Crippen MR) is 391 cm³/mol. The van der Waals surface area contributed by atoms with Gasteiger partial charge in [-0.1, -0.05) is 213 Å². The molecule has 0 fully saturated rings. The van der Waals surface area contributed by atoms with Crippen molar-refractivity contribution in [2.75, 3.05) is 13.2 Å². The van der Waals surface area contributed by atoms with Crippen LogP contribution in [0.1, 0.15) is 123 Å². The van der Waals surface area contributed by atoms with Crippen molar-refractivity contribution < 1.29 is 37.2 Å². The Morgan fingerprint density at radius 1 is 0.396 bits per heavy atom. The zero-order valence-electron chi connectivity index (χ0n) is 55.3. The number of halogens is 4. The van der Waals surface area contributed by atoms with Crippen LogP contribution in [0.4, 0.5) is 9.59 Å². The maximum absolute atomic E-state index is 12.1. The van der Waals surface area contributed by atoms with Gasteiger partial charge in [-0.15, -0.1) is 0 Å². The Labute approximate surface area is 600 Å². The van der Waals surface area contributed by atoms with Gasteiger partial charge < -0.3 is 33.3 Å². The lowest BCUT2D eigenvalue weighted by Gasteiger charge is -2.13. The number of alkyl carbamates (subject to hydrolysis) is 2. The van der Waals surface area contributed by atoms with Crippen LogP contribution in [0.5, 0.6) is 0 Å². The summed E-state index contributed by atoms with van der Waals surface area (Å²) < 4.78 is 32.1. The first-order chi connectivity index (χ1) is 49.0. The van der Waals surface area contributed by atoms with Crippen LogP contribution < -0.4 is 16.4 Å². The quantitative estimate of drug-likeness (QED) is 0.128. The van der Waals surface area contributed by atoms with Crippen molar-refractivity contribution in [3.05, 3.63) is 305 Å². The van der Waals surface area contributed by atoms with E-state index in [1.54, 1.807) is 13.8 Å². The standard InChI is InChI=1S/2C21H18ClN3O3.C18H14ClN3O.C18H13ClN2O/c2*1-3-27-21(26)24-20-19-17(12(2)25-28-19)15-6-4-5-7-16(15)18(23-20)13-8-10-14(22)11-9-13;1-10-15-13-4-2-3-5-14(13)16(11-6-8-12(19)9-7-11)21-18(20)17(15)23-22-10;1-11-17-14-4-2-3-5-15(14)18(20-10-16(17)22-21-11)12-6-8-13(19)9-7-12/h2*4-11,20H,3H2,1-2H3,(H,24,26);2-9,18H,20H2,1H3;2-9H,10H2,1H3/t20-;;;/m0.../s1. The number of nitrogens with zero attached hydrogens (tertiary/aromatic N) is 8. The molecule has 101 heavy (non-hydrogen) atoms. The minimum atomic E-state index is -0.770. The van der Waals surface area contributed by atoms with Crippen molar-refractivity contribution in [3.63, 3.8) is 0 Å². The summed E-state index contributed by atoms with van der Waals surface area (Å²) in [5, 5.41) is 24.6. The number of amides is 2. The molecule has 0 spiro atoms. The summed E-state index contributed by atoms with van der Waals surface area (Å²) in [6.07, 6.45) is -3.28. The molecule has 3 atom stereocenters. The topological polar surface area (TPSA) is 256 Å². The number of aromatic nitrogens is 4. The second-order valence-electron chi connectivity index (χ2n) is 23.4. The van der Waals surface area contributed by atoms with Crippen LogP contribution in [-0.4, -0.2) is 68.9 Å². The van der Waals surface area contributed by atoms with Crippen molar-refractivity contribution >= 4 is 81.4 Å². The third kappa shape index (κ3) is 14.4. The average Bonchev–Trinajstić information content (AvgIpc) is 1.65. The number of hydrogen-bond donors (Lipinski definition) is 3. The Morgan fingerprint density at radius 3 is 1.05 bits per heavy atom. The summed E-state index contributed by atoms with van der Waals surface area (Å²) in [4.78, 5) is 43.3. The highest BCUT2D eigenvalue weighted by Gasteiger charge is 2.35. The van der Waals surface area contributed by atoms with Crippen LogP contribution in [0.25, 0.3) is 44.5 Å². The lowest BCUT2D eigenvalue weighted by Crippen LogP contribution is -2.28. The summed E-state index contributed by atoms with van der Waals surface area (Å²) in [6.45, 7) is 12.1. The minimum Gasteiger partial charge on any atom is -0.450 e. The fraction of sp³-hybridized carbons (Fsp3) is 0.154. The molecule has 23 heteroatoms. The molecule has 0 radical (unpaired) electrons. The van der Waals surface area contributed by atoms with E-state index in [2.05, 4.69) is 48.4 Å². The molecule has 0 aliphatic carbocycles. The van der Waals surface area contributed by atoms with Gasteiger partial charge in [0.15, 0.2) is 41.5 Å². The lowest BCUT2D eigenvalue weighted by molar-refractivity contribution is 0.145. The number of carbonyl (C=O) groups is 2. The van der Waals surface area contributed by atoms with Gasteiger partial charge in [0.25, 0.3) is 0 Å². The monoisotopic (exact) mass is 1420 g/mol. The second-order valence-corrected chi connectivity index (χ2v) is 25.1. The molecule has 0 saturated heterocycles. The highest BCUT2D eigenvalue weighted by atomic mass is 35.5. The smallest absolute Gasteiger partial charge is 0.409 e. The zero-order valence-corrected chi connectivity index (χ0v) is 58.3. The molecule has 12 aromatic rings. The fourth-order valence-corrected chi connectivity index (χ4v) is 12.9. The first-order valence-corrected chi connectivity index (χ1v) is 33.7. The fourth-order valence-electron chi connectivity index (χ4n) is 12.4. The van der Waals surface area contributed by atoms with Crippen molar-refractivity contribution in [1.29, 1.82) is 0 Å². The number of rotatable bonds is 8. The highest BCUT2D eigenvalue weighted by Crippen LogP contribution is 2.43. The Bertz CT molecular complexity index is 5020. The number of benzene rings is 8. The van der Waals surface area contributed by atoms with E-state index < -0.39 is 30.7 Å². The van der Waals surface area contributed by atoms with Gasteiger partial charge in [-0.2, -0.15) is 0 Å². The maximum Gasteiger partial charge on any atom is 0.409 e. The van der Waals surface area contributed by atoms with Gasteiger partial charge in [-0.3, -0.25) is 30.6 Å². The molecule has 16 rings (SSSR count). The van der Waals surface area contributed by atoms with Crippen molar-refractivity contribution in [1.82, 2.24) is 31.3 Å². The van der Waals surface area contributed by atoms with Gasteiger partial charge >= 0.3 is 12.2 Å². The molecule has 4 aliphatic heterocycles. The van der Waals surface area contributed by atoms with Gasteiger partial charge in [-0.25, -0.2) is 9.59 Å². The van der Waals surface area contributed by atoms with Gasteiger partial charge in [-0.05, 0) is 112 Å². The Kier molecular flexibility index (Phi) is 20.5. The molecule has 8 heterocycles. The first kappa shape index (κ1) is 68.5. The van der Waals surface area contributed by atoms with Gasteiger partial charge in [0.05, 0.1) is 81.1 Å². The van der Waals surface area contributed by atoms with Crippen LogP contribution in [0, 0.1) is 27.7 Å². The normalized spacial score (nSPS) is 14.9. The third-order valence-electron chi connectivity index (χ3n) is 16.9. The maximum atomic E-state index is 12.1. The van der Waals surface area contributed by atoms with Crippen molar-refractivity contribution in [2.24, 2.45) is 25.7 Å². The SMILES string of the molecule is CCOC(=O)NC1N=C(c2ccc(Cl)cc2)c2ccccc2-c2c(C)noc21.CCOC(=O)N[C@@H]1N=C(c2ccc(Cl)cc2)c2ccccc2-c2c(C)noc21.Cc1noc2c1-c1ccccc1C(c1ccc(Cl)cc1)=NC2.Cc1noc2c1-c1ccccc1C(c1ccc(Cl)cc1)=NC2N. The van der Waals surface area contributed by atoms with E-state index in [0.717, 1.165) is 145 Å². The summed E-state index contributed by atoms with van der Waals surface area (Å²) in [5.41, 5.74) is 28.0. The lowest BCUT2D eigenvalue weighted by atomic mass is 9.93. The molecule has 0 saturated carbocycles. The first-order valence-electron chi connectivity index (χ1n) is 32.2. The van der Waals surface area contributed by atoms with Crippen LogP contribution in [0.2, 0.25) is 20.1 Å². The molecule has 2 amide bonds. The van der Waals surface area contributed by atoms with E-state index >= 15 is 0 Å². The molecule has 4 aliphatic rings. The molecule has 4 aromatic heterocycles. The Morgan fingerprint density at radius 2 is 0.683 bits per heavy atom. The van der Waals surface area contributed by atoms with E-state index in [9.17, 15) is 9.59 Å². The van der Waals surface area contributed by atoms with Crippen LogP contribution in [0.15, 0.2) is 232 Å². The molecule has 0 bridgehead atoms. The van der Waals surface area contributed by atoms with E-state index in [1.165, 1.54) is 0 Å². The summed E-state index contributed by atoms with van der Waals surface area (Å²) in [5.74, 6) is 2.36. The number of carbonyl (C=O) groups excluding carboxylic acids is 2. The Hall–Kier alpha value is -11.1. The Balaban J connectivity index is 0.000000121. The second kappa shape index (κ2) is 30.2. The van der Waals surface area contributed by atoms with Crippen molar-refractivity contribution in [2.45, 2.75) is 66.6 Å². The molecular weight excluding hydrogens is 1360 g/mol. The third-order valence-corrected chi connectivity index (χ3v) is 17.9. The van der Waals surface area contributed by atoms with E-state index in [-0.39, 0.29) is 13.2 Å². The van der Waals surface area contributed by atoms with Crippen LogP contribution in [0.3, 0.4) is 0 Å². The summed E-state index contributed by atoms with van der Waals surface area (Å²) in [7, 11) is 0. The molecule has 2 unspecified atom stereocenters. The van der Waals surface area contributed by atoms with E-state index in [0.29, 0.717) is 38.9 Å². The number of nitrogens with two attached hydrogens (primary N) is 1. The number of hydrogen-bond acceptors (Lipinski definition) is 17. The van der Waals surface area contributed by atoms with E-state index in [1.807, 2.05) is 210 Å². The van der Waals surface area contributed by atoms with Gasteiger partial charge in [0, 0.05) is 64.6 Å². The molecule has 4 N–H and O–H groups in total. The number of fused-ring (bicyclic) bond motifs is 12. The minimum absolute atomic E-state index is 0.259. The largest absolute Gasteiger partial charge is 0.450 e. The van der Waals surface area contributed by atoms with Gasteiger partial charge in [0.1, 0.15) is 6.54 Å². The molecule has 506 valence electrons. The highest BCUT2D eigenvalue weighted by molar-refractivity contribution is 6.32. The average molecular weight is 1420 g/mol. The summed E-state index contributed by atoms with van der Waals surface area (Å²) in [6, 6.07) is 62.3. The number of nitrogens with one attached hydrogen (secondary N) is 2. The number of aryl methyl sites for hydroxylation is 4. The molecule has 8 aromatic carbocycles. The predicted octanol–water partition coefficient (Wildman–Crippen LogP) is 18.6. The molecular formula is C78H63Cl4N11O8. The van der Waals surface area contributed by atoms with Gasteiger partial charge in [0.2, 0.25) is 0 Å².